The predicted molar refractivity (Wildman–Crippen MR) is 97.6 cm³/mol. The van der Waals surface area contributed by atoms with Crippen LogP contribution in [0.15, 0.2) is 48.5 Å². The third-order valence-corrected chi connectivity index (χ3v) is 5.25. The van der Waals surface area contributed by atoms with Crippen molar-refractivity contribution in [2.45, 2.75) is 50.4 Å². The number of nitrogens with one attached hydrogen (secondary N) is 2. The highest BCUT2D eigenvalue weighted by Crippen LogP contribution is 2.27. The molecule has 4 rings (SSSR count). The summed E-state index contributed by atoms with van der Waals surface area (Å²) in [6, 6.07) is 14.7. The molecule has 2 aromatic rings. The van der Waals surface area contributed by atoms with Gasteiger partial charge in [-0.3, -0.25) is 4.79 Å². The fraction of sp³-hybridized carbons (Fsp3) is 0.381. The molecular weight excluding hydrogens is 331 g/mol. The number of carbonyl (C=O) groups excluding carboxylic acids is 1. The molecule has 5 heteroatoms. The van der Waals surface area contributed by atoms with Gasteiger partial charge in [0.1, 0.15) is 18.2 Å². The van der Waals surface area contributed by atoms with Gasteiger partial charge in [0.15, 0.2) is 0 Å². The number of para-hydroxylation sites is 1. The quantitative estimate of drug-likeness (QED) is 0.865. The van der Waals surface area contributed by atoms with Gasteiger partial charge in [-0.2, -0.15) is 0 Å². The fourth-order valence-electron chi connectivity index (χ4n) is 3.96. The summed E-state index contributed by atoms with van der Waals surface area (Å²) < 4.78 is 18.8. The van der Waals surface area contributed by atoms with E-state index < -0.39 is 0 Å². The molecule has 0 spiro atoms. The molecule has 2 saturated heterocycles. The summed E-state index contributed by atoms with van der Waals surface area (Å²) in [6.07, 6.45) is 4.38. The minimum Gasteiger partial charge on any atom is -0.488 e. The summed E-state index contributed by atoms with van der Waals surface area (Å²) in [6.45, 7) is 0.294. The number of hydrogen-bond acceptors (Lipinski definition) is 3. The van der Waals surface area contributed by atoms with E-state index >= 15 is 0 Å². The predicted octanol–water partition coefficient (Wildman–Crippen LogP) is 3.42. The van der Waals surface area contributed by atoms with E-state index in [-0.39, 0.29) is 17.8 Å². The maximum absolute atomic E-state index is 13.0. The molecule has 0 aromatic heterocycles. The molecule has 2 bridgehead atoms. The second-order valence-corrected chi connectivity index (χ2v) is 7.19. The molecule has 0 aliphatic carbocycles. The molecule has 2 aliphatic rings. The Bertz CT molecular complexity index is 766. The van der Waals surface area contributed by atoms with Gasteiger partial charge in [-0.1, -0.05) is 24.3 Å². The Morgan fingerprint density at radius 3 is 2.50 bits per heavy atom. The zero-order valence-electron chi connectivity index (χ0n) is 14.6. The average Bonchev–Trinajstić information content (AvgIpc) is 3.00. The van der Waals surface area contributed by atoms with E-state index in [1.807, 2.05) is 12.1 Å². The van der Waals surface area contributed by atoms with Crippen molar-refractivity contribution in [3.63, 3.8) is 0 Å². The molecule has 2 fully saturated rings. The first-order chi connectivity index (χ1) is 12.7. The van der Waals surface area contributed by atoms with Gasteiger partial charge in [-0.25, -0.2) is 4.39 Å². The summed E-state index contributed by atoms with van der Waals surface area (Å²) in [4.78, 5) is 12.8. The number of carbonyl (C=O) groups is 1. The van der Waals surface area contributed by atoms with Gasteiger partial charge < -0.3 is 15.4 Å². The Balaban J connectivity index is 1.41. The molecule has 4 nitrogen and oxygen atoms in total. The molecule has 2 aliphatic heterocycles. The first-order valence-electron chi connectivity index (χ1n) is 9.20. The zero-order valence-corrected chi connectivity index (χ0v) is 14.6. The molecule has 136 valence electrons. The fourth-order valence-corrected chi connectivity index (χ4v) is 3.96. The molecule has 2 heterocycles. The smallest absolute Gasteiger partial charge is 0.255 e. The monoisotopic (exact) mass is 354 g/mol. The summed E-state index contributed by atoms with van der Waals surface area (Å²) in [5, 5.41) is 6.76. The summed E-state index contributed by atoms with van der Waals surface area (Å²) in [5.41, 5.74) is 1.40. The number of piperidine rings is 1. The number of hydrogen-bond donors (Lipinski definition) is 2. The molecule has 2 atom stereocenters. The van der Waals surface area contributed by atoms with Gasteiger partial charge in [-0.05, 0) is 55.5 Å². The van der Waals surface area contributed by atoms with Gasteiger partial charge in [0.05, 0.1) is 5.56 Å². The molecule has 2 aromatic carbocycles. The van der Waals surface area contributed by atoms with Crippen molar-refractivity contribution in [2.24, 2.45) is 0 Å². The van der Waals surface area contributed by atoms with Gasteiger partial charge in [-0.15, -0.1) is 0 Å². The Labute approximate surface area is 152 Å². The van der Waals surface area contributed by atoms with E-state index in [2.05, 4.69) is 10.6 Å². The van der Waals surface area contributed by atoms with Crippen LogP contribution in [-0.4, -0.2) is 24.0 Å². The maximum atomic E-state index is 13.0. The second-order valence-electron chi connectivity index (χ2n) is 7.19. The van der Waals surface area contributed by atoms with Crippen molar-refractivity contribution in [2.75, 3.05) is 0 Å². The lowest BCUT2D eigenvalue weighted by Gasteiger charge is -2.29. The summed E-state index contributed by atoms with van der Waals surface area (Å²) in [5.74, 6) is 0.182. The highest BCUT2D eigenvalue weighted by Gasteiger charge is 2.34. The minimum absolute atomic E-state index is 0.0917. The SMILES string of the molecule is O=C(NC1CC2CCC(C1)N2)c1ccccc1OCc1ccc(F)cc1. The lowest BCUT2D eigenvalue weighted by atomic mass is 9.99. The van der Waals surface area contributed by atoms with Crippen LogP contribution in [0.5, 0.6) is 5.75 Å². The van der Waals surface area contributed by atoms with E-state index in [1.165, 1.54) is 25.0 Å². The normalized spacial score (nSPS) is 24.3. The standard InChI is InChI=1S/C21H23FN2O2/c22-15-7-5-14(6-8-15)13-26-20-4-2-1-3-19(20)21(25)24-18-11-16-9-10-17(12-18)23-16/h1-8,16-18,23H,9-13H2,(H,24,25). The third kappa shape index (κ3) is 3.88. The molecule has 2 N–H and O–H groups in total. The van der Waals surface area contributed by atoms with Crippen LogP contribution in [0.3, 0.4) is 0 Å². The van der Waals surface area contributed by atoms with Crippen LogP contribution in [0.1, 0.15) is 41.6 Å². The topological polar surface area (TPSA) is 50.4 Å². The largest absolute Gasteiger partial charge is 0.488 e. The van der Waals surface area contributed by atoms with Crippen LogP contribution in [-0.2, 0) is 6.61 Å². The van der Waals surface area contributed by atoms with E-state index in [9.17, 15) is 9.18 Å². The molecule has 0 saturated carbocycles. The van der Waals surface area contributed by atoms with Crippen LogP contribution >= 0.6 is 0 Å². The first kappa shape index (κ1) is 17.0. The van der Waals surface area contributed by atoms with E-state index in [1.54, 1.807) is 24.3 Å². The summed E-state index contributed by atoms with van der Waals surface area (Å²) >= 11 is 0. The number of ether oxygens (including phenoxy) is 1. The third-order valence-electron chi connectivity index (χ3n) is 5.25. The van der Waals surface area contributed by atoms with Gasteiger partial charge in [0.25, 0.3) is 5.91 Å². The van der Waals surface area contributed by atoms with Crippen LogP contribution in [0.2, 0.25) is 0 Å². The molecular formula is C21H23FN2O2. The van der Waals surface area contributed by atoms with Crippen molar-refractivity contribution >= 4 is 5.91 Å². The maximum Gasteiger partial charge on any atom is 0.255 e. The Kier molecular flexibility index (Phi) is 4.89. The van der Waals surface area contributed by atoms with Crippen molar-refractivity contribution in [3.8, 4) is 5.75 Å². The number of amides is 1. The Hall–Kier alpha value is -2.40. The van der Waals surface area contributed by atoms with Gasteiger partial charge in [0.2, 0.25) is 0 Å². The van der Waals surface area contributed by atoms with Crippen molar-refractivity contribution in [3.05, 3.63) is 65.5 Å². The van der Waals surface area contributed by atoms with E-state index in [0.29, 0.717) is 30.0 Å². The zero-order chi connectivity index (χ0) is 17.9. The minimum atomic E-state index is -0.274. The second kappa shape index (κ2) is 7.46. The van der Waals surface area contributed by atoms with Crippen LogP contribution < -0.4 is 15.4 Å². The van der Waals surface area contributed by atoms with Crippen molar-refractivity contribution in [1.29, 1.82) is 0 Å². The highest BCUT2D eigenvalue weighted by molar-refractivity contribution is 5.97. The van der Waals surface area contributed by atoms with Gasteiger partial charge in [0, 0.05) is 18.1 Å². The lowest BCUT2D eigenvalue weighted by Crippen LogP contribution is -2.48. The van der Waals surface area contributed by atoms with E-state index in [0.717, 1.165) is 18.4 Å². The lowest BCUT2D eigenvalue weighted by molar-refractivity contribution is 0.0919. The summed E-state index contributed by atoms with van der Waals surface area (Å²) in [7, 11) is 0. The molecule has 26 heavy (non-hydrogen) atoms. The number of benzene rings is 2. The molecule has 0 radical (unpaired) electrons. The number of rotatable bonds is 5. The highest BCUT2D eigenvalue weighted by atomic mass is 19.1. The molecule has 1 amide bonds. The van der Waals surface area contributed by atoms with Crippen molar-refractivity contribution < 1.29 is 13.9 Å². The Morgan fingerprint density at radius 2 is 1.77 bits per heavy atom. The van der Waals surface area contributed by atoms with Crippen molar-refractivity contribution in [1.82, 2.24) is 10.6 Å². The number of halogens is 1. The number of fused-ring (bicyclic) bond motifs is 2. The average molecular weight is 354 g/mol. The molecule has 2 unspecified atom stereocenters. The van der Waals surface area contributed by atoms with Crippen LogP contribution in [0.25, 0.3) is 0 Å². The van der Waals surface area contributed by atoms with Crippen LogP contribution in [0, 0.1) is 5.82 Å². The first-order valence-corrected chi connectivity index (χ1v) is 9.20. The Morgan fingerprint density at radius 1 is 1.08 bits per heavy atom. The van der Waals surface area contributed by atoms with Crippen LogP contribution in [0.4, 0.5) is 4.39 Å². The van der Waals surface area contributed by atoms with E-state index in [4.69, 9.17) is 4.74 Å². The van der Waals surface area contributed by atoms with Gasteiger partial charge >= 0.3 is 0 Å².